The van der Waals surface area contributed by atoms with Crippen LogP contribution >= 0.6 is 34.0 Å². The first kappa shape index (κ1) is 9.21. The number of carbonyl (C=O) groups excluding carboxylic acids is 2. The minimum Gasteiger partial charge on any atom is -0.297 e. The Hall–Kier alpha value is -1.04. The molecule has 0 bridgehead atoms. The van der Waals surface area contributed by atoms with Crippen LogP contribution in [0, 0.1) is 0 Å². The zero-order chi connectivity index (χ0) is 10.4. The third kappa shape index (κ3) is 1.27. The molecule has 0 saturated carbocycles. The van der Waals surface area contributed by atoms with Crippen molar-refractivity contribution in [2.24, 2.45) is 0 Å². The van der Waals surface area contributed by atoms with Crippen LogP contribution in [0.1, 0.15) is 19.3 Å². The molecular weight excluding hydrogens is 248 g/mol. The van der Waals surface area contributed by atoms with Gasteiger partial charge in [-0.05, 0) is 12.1 Å². The molecule has 0 N–H and O–H groups in total. The monoisotopic (exact) mass is 252 g/mol. The fourth-order valence-corrected chi connectivity index (χ4v) is 5.24. The molecule has 0 aliphatic rings. The molecule has 0 aromatic carbocycles. The highest BCUT2D eigenvalue weighted by molar-refractivity contribution is 7.49. The van der Waals surface area contributed by atoms with Crippen LogP contribution in [0.5, 0.6) is 0 Å². The largest absolute Gasteiger partial charge is 0.297 e. The first-order valence-corrected chi connectivity index (χ1v) is 6.63. The van der Waals surface area contributed by atoms with E-state index in [1.807, 2.05) is 12.1 Å². The van der Waals surface area contributed by atoms with Gasteiger partial charge in [0.05, 0.1) is 17.8 Å². The van der Waals surface area contributed by atoms with E-state index >= 15 is 0 Å². The van der Waals surface area contributed by atoms with Gasteiger partial charge >= 0.3 is 0 Å². The Labute approximate surface area is 96.8 Å². The summed E-state index contributed by atoms with van der Waals surface area (Å²) in [7, 11) is 0. The molecule has 2 nitrogen and oxygen atoms in total. The molecule has 0 unspecified atom stereocenters. The molecule has 0 atom stereocenters. The minimum atomic E-state index is 0.747. The normalized spacial score (nSPS) is 11.2. The second-order valence-corrected chi connectivity index (χ2v) is 6.74. The van der Waals surface area contributed by atoms with Gasteiger partial charge in [-0.15, -0.1) is 34.0 Å². The number of rotatable bonds is 2. The number of fused-ring (bicyclic) bond motifs is 3. The van der Waals surface area contributed by atoms with E-state index in [2.05, 4.69) is 0 Å². The van der Waals surface area contributed by atoms with Crippen molar-refractivity contribution in [3.05, 3.63) is 21.9 Å². The maximum absolute atomic E-state index is 10.6. The Morgan fingerprint density at radius 3 is 1.67 bits per heavy atom. The van der Waals surface area contributed by atoms with E-state index in [4.69, 9.17) is 0 Å². The summed E-state index contributed by atoms with van der Waals surface area (Å²) >= 11 is 4.67. The molecule has 0 fully saturated rings. The lowest BCUT2D eigenvalue weighted by Crippen LogP contribution is -1.64. The molecule has 0 aliphatic carbocycles. The lowest BCUT2D eigenvalue weighted by Gasteiger charge is -1.75. The van der Waals surface area contributed by atoms with Crippen molar-refractivity contribution in [2.75, 3.05) is 0 Å². The van der Waals surface area contributed by atoms with E-state index in [0.29, 0.717) is 0 Å². The highest BCUT2D eigenvalue weighted by Crippen LogP contribution is 2.42. The van der Waals surface area contributed by atoms with Gasteiger partial charge in [0.25, 0.3) is 0 Å². The first-order chi connectivity index (χ1) is 7.31. The van der Waals surface area contributed by atoms with E-state index in [-0.39, 0.29) is 0 Å². The van der Waals surface area contributed by atoms with Gasteiger partial charge in [0, 0.05) is 10.8 Å². The Morgan fingerprint density at radius 2 is 1.27 bits per heavy atom. The van der Waals surface area contributed by atoms with E-state index in [0.717, 1.165) is 41.1 Å². The summed E-state index contributed by atoms with van der Waals surface area (Å²) in [6.45, 7) is 0. The maximum Gasteiger partial charge on any atom is 0.160 e. The predicted octanol–water partition coefficient (Wildman–Crippen LogP) is 3.80. The summed E-state index contributed by atoms with van der Waals surface area (Å²) < 4.78 is 2.33. The number of carbonyl (C=O) groups is 2. The first-order valence-electron chi connectivity index (χ1n) is 4.18. The van der Waals surface area contributed by atoms with Crippen LogP contribution in [0.15, 0.2) is 12.1 Å². The third-order valence-electron chi connectivity index (χ3n) is 2.14. The van der Waals surface area contributed by atoms with Crippen molar-refractivity contribution in [2.45, 2.75) is 0 Å². The summed E-state index contributed by atoms with van der Waals surface area (Å²) in [5.41, 5.74) is 0. The van der Waals surface area contributed by atoms with Crippen LogP contribution in [0.25, 0.3) is 18.8 Å². The van der Waals surface area contributed by atoms with Gasteiger partial charge in [-0.1, -0.05) is 0 Å². The van der Waals surface area contributed by atoms with Crippen molar-refractivity contribution in [1.29, 1.82) is 0 Å². The topological polar surface area (TPSA) is 34.1 Å². The number of aldehydes is 2. The second-order valence-electron chi connectivity index (χ2n) is 3.04. The van der Waals surface area contributed by atoms with E-state index < -0.39 is 0 Å². The Bertz CT molecular complexity index is 614. The van der Waals surface area contributed by atoms with Gasteiger partial charge in [-0.25, -0.2) is 0 Å². The predicted molar refractivity (Wildman–Crippen MR) is 65.9 cm³/mol. The average Bonchev–Trinajstić information content (AvgIpc) is 2.85. The molecule has 0 saturated heterocycles. The Morgan fingerprint density at radius 1 is 0.800 bits per heavy atom. The summed E-state index contributed by atoms with van der Waals surface area (Å²) in [4.78, 5) is 22.8. The fraction of sp³-hybridized carbons (Fsp3) is 0. The number of thiophene rings is 3. The summed E-state index contributed by atoms with van der Waals surface area (Å²) in [5.74, 6) is 0. The molecule has 3 aromatic heterocycles. The van der Waals surface area contributed by atoms with E-state index in [9.17, 15) is 9.59 Å². The van der Waals surface area contributed by atoms with E-state index in [1.165, 1.54) is 22.7 Å². The molecule has 3 rings (SSSR count). The molecule has 5 heteroatoms. The van der Waals surface area contributed by atoms with Crippen molar-refractivity contribution in [3.8, 4) is 0 Å². The van der Waals surface area contributed by atoms with Crippen molar-refractivity contribution in [3.63, 3.8) is 0 Å². The van der Waals surface area contributed by atoms with Gasteiger partial charge in [0.15, 0.2) is 12.6 Å². The van der Waals surface area contributed by atoms with Crippen LogP contribution in [0.3, 0.4) is 0 Å². The second kappa shape index (κ2) is 3.23. The molecule has 3 heterocycles. The van der Waals surface area contributed by atoms with Crippen LogP contribution in [-0.4, -0.2) is 12.6 Å². The van der Waals surface area contributed by atoms with Crippen molar-refractivity contribution in [1.82, 2.24) is 0 Å². The average molecular weight is 252 g/mol. The quantitative estimate of drug-likeness (QED) is 0.650. The van der Waals surface area contributed by atoms with Crippen LogP contribution < -0.4 is 0 Å². The molecule has 15 heavy (non-hydrogen) atoms. The highest BCUT2D eigenvalue weighted by Gasteiger charge is 2.11. The number of hydrogen-bond acceptors (Lipinski definition) is 5. The molecular formula is C10H4O2S3. The van der Waals surface area contributed by atoms with Crippen molar-refractivity contribution < 1.29 is 9.59 Å². The molecule has 0 amide bonds. The lowest BCUT2D eigenvalue weighted by atomic mass is 10.3. The zero-order valence-electron chi connectivity index (χ0n) is 7.35. The summed E-state index contributed by atoms with van der Waals surface area (Å²) in [5, 5.41) is 2.21. The van der Waals surface area contributed by atoms with Gasteiger partial charge in [0.1, 0.15) is 0 Å². The van der Waals surface area contributed by atoms with Gasteiger partial charge in [-0.3, -0.25) is 9.59 Å². The van der Waals surface area contributed by atoms with Crippen LogP contribution in [0.4, 0.5) is 0 Å². The van der Waals surface area contributed by atoms with Crippen molar-refractivity contribution >= 4 is 65.4 Å². The third-order valence-corrected chi connectivity index (χ3v) is 5.66. The molecule has 74 valence electrons. The number of hydrogen-bond donors (Lipinski definition) is 0. The summed E-state index contributed by atoms with van der Waals surface area (Å²) in [6.07, 6.45) is 1.74. The Kier molecular flexibility index (Phi) is 1.98. The standard InChI is InChI=1S/C10H4O2S3/c11-3-5-1-7-8-2-6(4-12)14-10(8)15-9(7)13-5/h1-4H. The molecule has 3 aromatic rings. The smallest absolute Gasteiger partial charge is 0.160 e. The van der Waals surface area contributed by atoms with E-state index in [1.54, 1.807) is 11.3 Å². The van der Waals surface area contributed by atoms with Crippen LogP contribution in [-0.2, 0) is 0 Å². The zero-order valence-corrected chi connectivity index (χ0v) is 9.80. The van der Waals surface area contributed by atoms with Gasteiger partial charge in [0.2, 0.25) is 0 Å². The lowest BCUT2D eigenvalue weighted by molar-refractivity contribution is 0.111. The Balaban J connectivity index is 2.41. The molecule has 0 radical (unpaired) electrons. The van der Waals surface area contributed by atoms with Gasteiger partial charge < -0.3 is 0 Å². The maximum atomic E-state index is 10.6. The highest BCUT2D eigenvalue weighted by atomic mass is 32.2. The molecule has 0 aliphatic heterocycles. The van der Waals surface area contributed by atoms with Gasteiger partial charge in [-0.2, -0.15) is 0 Å². The summed E-state index contributed by atoms with van der Waals surface area (Å²) in [6, 6.07) is 3.79. The minimum absolute atomic E-state index is 0.747. The SMILES string of the molecule is O=Cc1cc2c(s1)sc1sc(C=O)cc12. The molecule has 0 spiro atoms. The fourth-order valence-electron chi connectivity index (χ4n) is 1.51. The van der Waals surface area contributed by atoms with Crippen LogP contribution in [0.2, 0.25) is 0 Å².